The molecular formula is C17H11F21O3. The second-order valence-corrected chi connectivity index (χ2v) is 7.99. The molecule has 0 aliphatic heterocycles. The SMILES string of the molecule is C=C(C)C(=O)OC(CO)CC(F)(F)C(F)(F)C(F)(F)C(F)(F)C(F)(F)C(F)(F)C(F)(F)C(F)(F)C(F)(F)C(F)(F)F. The maximum Gasteiger partial charge on any atom is 0.460 e. The normalized spacial score (nSPS) is 16.5. The molecule has 0 aliphatic rings. The van der Waals surface area contributed by atoms with Gasteiger partial charge in [-0.3, -0.25) is 0 Å². The van der Waals surface area contributed by atoms with Gasteiger partial charge in [0.1, 0.15) is 6.10 Å². The first-order valence-electron chi connectivity index (χ1n) is 9.45. The van der Waals surface area contributed by atoms with E-state index in [1.807, 2.05) is 0 Å². The van der Waals surface area contributed by atoms with Crippen LogP contribution in [0.3, 0.4) is 0 Å². The Morgan fingerprint density at radius 2 is 0.854 bits per heavy atom. The molecule has 0 aromatic heterocycles. The molecule has 0 aliphatic carbocycles. The van der Waals surface area contributed by atoms with Crippen molar-refractivity contribution in [2.75, 3.05) is 6.61 Å². The van der Waals surface area contributed by atoms with Crippen LogP contribution in [0.2, 0.25) is 0 Å². The van der Waals surface area contributed by atoms with Crippen molar-refractivity contribution in [3.63, 3.8) is 0 Å². The van der Waals surface area contributed by atoms with E-state index >= 15 is 0 Å². The Balaban J connectivity index is 6.95. The number of hydrogen-bond acceptors (Lipinski definition) is 3. The van der Waals surface area contributed by atoms with Crippen LogP contribution in [0, 0.1) is 0 Å². The van der Waals surface area contributed by atoms with Crippen molar-refractivity contribution in [3.05, 3.63) is 12.2 Å². The lowest BCUT2D eigenvalue weighted by atomic mass is 9.85. The molecule has 0 rings (SSSR count). The Hall–Kier alpha value is -2.30. The number of hydrogen-bond donors (Lipinski definition) is 1. The summed E-state index contributed by atoms with van der Waals surface area (Å²) < 4.78 is 284. The number of halogens is 21. The van der Waals surface area contributed by atoms with Gasteiger partial charge in [0.15, 0.2) is 0 Å². The number of alkyl halides is 21. The van der Waals surface area contributed by atoms with Crippen molar-refractivity contribution < 1.29 is 107 Å². The number of carbonyl (C=O) groups is 1. The summed E-state index contributed by atoms with van der Waals surface area (Å²) in [5, 5.41) is 8.74. The summed E-state index contributed by atoms with van der Waals surface area (Å²) in [4.78, 5) is 11.2. The van der Waals surface area contributed by atoms with Gasteiger partial charge in [-0.05, 0) is 6.92 Å². The Kier molecular flexibility index (Phi) is 9.87. The van der Waals surface area contributed by atoms with Crippen molar-refractivity contribution in [3.8, 4) is 0 Å². The van der Waals surface area contributed by atoms with Gasteiger partial charge < -0.3 is 9.84 Å². The first-order chi connectivity index (χ1) is 17.5. The topological polar surface area (TPSA) is 46.5 Å². The van der Waals surface area contributed by atoms with Crippen LogP contribution in [0.4, 0.5) is 92.2 Å². The quantitative estimate of drug-likeness (QED) is 0.130. The van der Waals surface area contributed by atoms with Gasteiger partial charge in [0, 0.05) is 5.57 Å². The number of carbonyl (C=O) groups excluding carboxylic acids is 1. The molecule has 0 radical (unpaired) electrons. The molecule has 0 aromatic rings. The third-order valence-electron chi connectivity index (χ3n) is 4.89. The first kappa shape index (κ1) is 38.7. The number of esters is 1. The average Bonchev–Trinajstić information content (AvgIpc) is 2.76. The lowest BCUT2D eigenvalue weighted by Gasteiger charge is -2.44. The fraction of sp³-hybridized carbons (Fsp3) is 0.824. The van der Waals surface area contributed by atoms with Crippen LogP contribution in [0.25, 0.3) is 0 Å². The van der Waals surface area contributed by atoms with Gasteiger partial charge in [0.05, 0.1) is 13.0 Å². The lowest BCUT2D eigenvalue weighted by Crippen LogP contribution is -2.76. The summed E-state index contributed by atoms with van der Waals surface area (Å²) >= 11 is 0. The zero-order chi connectivity index (χ0) is 33.9. The van der Waals surface area contributed by atoms with Gasteiger partial charge in [-0.2, -0.15) is 92.2 Å². The summed E-state index contributed by atoms with van der Waals surface area (Å²) in [5.74, 6) is -80.0. The zero-order valence-electron chi connectivity index (χ0n) is 18.9. The van der Waals surface area contributed by atoms with Gasteiger partial charge >= 0.3 is 65.4 Å². The molecule has 0 fully saturated rings. The second-order valence-electron chi connectivity index (χ2n) is 7.99. The van der Waals surface area contributed by atoms with Crippen molar-refractivity contribution in [2.24, 2.45) is 0 Å². The largest absolute Gasteiger partial charge is 0.460 e. The lowest BCUT2D eigenvalue weighted by molar-refractivity contribution is -0.474. The summed E-state index contributed by atoms with van der Waals surface area (Å²) in [6.07, 6.45) is -14.4. The zero-order valence-corrected chi connectivity index (χ0v) is 18.9. The third kappa shape index (κ3) is 5.47. The van der Waals surface area contributed by atoms with Crippen LogP contribution in [0.1, 0.15) is 13.3 Å². The van der Waals surface area contributed by atoms with E-state index in [2.05, 4.69) is 11.3 Å². The van der Waals surface area contributed by atoms with E-state index in [1.165, 1.54) is 0 Å². The van der Waals surface area contributed by atoms with E-state index in [-0.39, 0.29) is 0 Å². The minimum absolute atomic E-state index is 0.713. The van der Waals surface area contributed by atoms with Crippen molar-refractivity contribution >= 4 is 5.97 Å². The third-order valence-corrected chi connectivity index (χ3v) is 4.89. The van der Waals surface area contributed by atoms with E-state index in [0.29, 0.717) is 6.92 Å². The fourth-order valence-electron chi connectivity index (χ4n) is 2.40. The molecule has 1 atom stereocenters. The molecule has 244 valence electrons. The van der Waals surface area contributed by atoms with E-state index in [4.69, 9.17) is 5.11 Å². The van der Waals surface area contributed by atoms with Crippen molar-refractivity contribution in [1.29, 1.82) is 0 Å². The van der Waals surface area contributed by atoms with Crippen LogP contribution in [-0.4, -0.2) is 83.3 Å². The smallest absolute Gasteiger partial charge is 0.456 e. The Morgan fingerprint density at radius 3 is 1.10 bits per heavy atom. The van der Waals surface area contributed by atoms with Gasteiger partial charge in [0.25, 0.3) is 0 Å². The molecule has 0 spiro atoms. The van der Waals surface area contributed by atoms with Crippen LogP contribution in [-0.2, 0) is 9.53 Å². The Labute approximate surface area is 211 Å². The number of aliphatic hydroxyl groups excluding tert-OH is 1. The molecule has 0 saturated carbocycles. The molecule has 0 aromatic carbocycles. The molecule has 0 bridgehead atoms. The number of aliphatic hydroxyl groups is 1. The highest BCUT2D eigenvalue weighted by Crippen LogP contribution is 2.66. The molecule has 0 saturated heterocycles. The maximum atomic E-state index is 13.9. The summed E-state index contributed by atoms with van der Waals surface area (Å²) in [7, 11) is 0. The Morgan fingerprint density at radius 1 is 0.585 bits per heavy atom. The van der Waals surface area contributed by atoms with Gasteiger partial charge in [-0.15, -0.1) is 0 Å². The van der Waals surface area contributed by atoms with E-state index in [1.54, 1.807) is 0 Å². The van der Waals surface area contributed by atoms with E-state index < -0.39 is 90.2 Å². The van der Waals surface area contributed by atoms with Crippen LogP contribution in [0.15, 0.2) is 12.2 Å². The van der Waals surface area contributed by atoms with Crippen LogP contribution < -0.4 is 0 Å². The number of ether oxygens (including phenoxy) is 1. The highest BCUT2D eigenvalue weighted by molar-refractivity contribution is 5.87. The predicted molar refractivity (Wildman–Crippen MR) is 87.0 cm³/mol. The van der Waals surface area contributed by atoms with Crippen molar-refractivity contribution in [2.45, 2.75) is 78.9 Å². The molecule has 0 heterocycles. The summed E-state index contributed by atoms with van der Waals surface area (Å²) in [6.45, 7) is 1.44. The summed E-state index contributed by atoms with van der Waals surface area (Å²) in [5.41, 5.74) is -0.786. The van der Waals surface area contributed by atoms with E-state index in [0.717, 1.165) is 0 Å². The molecule has 1 unspecified atom stereocenters. The van der Waals surface area contributed by atoms with Crippen LogP contribution in [0.5, 0.6) is 0 Å². The second kappa shape index (κ2) is 10.5. The highest BCUT2D eigenvalue weighted by Gasteiger charge is 2.97. The van der Waals surface area contributed by atoms with E-state index in [9.17, 15) is 97.0 Å². The fourth-order valence-corrected chi connectivity index (χ4v) is 2.40. The Bertz CT molecular complexity index is 980. The molecule has 1 N–H and O–H groups in total. The molecule has 24 heteroatoms. The van der Waals surface area contributed by atoms with Gasteiger partial charge in [-0.25, -0.2) is 4.79 Å². The van der Waals surface area contributed by atoms with Crippen molar-refractivity contribution in [1.82, 2.24) is 0 Å². The first-order valence-corrected chi connectivity index (χ1v) is 9.45. The molecule has 3 nitrogen and oxygen atoms in total. The van der Waals surface area contributed by atoms with Crippen LogP contribution >= 0.6 is 0 Å². The monoisotopic (exact) mass is 662 g/mol. The minimum atomic E-state index is -9.26. The highest BCUT2D eigenvalue weighted by atomic mass is 19.4. The average molecular weight is 662 g/mol. The molecule has 0 amide bonds. The van der Waals surface area contributed by atoms with Gasteiger partial charge in [-0.1, -0.05) is 6.58 Å². The summed E-state index contributed by atoms with van der Waals surface area (Å²) in [6, 6.07) is 0. The molecule has 41 heavy (non-hydrogen) atoms. The molecular weight excluding hydrogens is 651 g/mol. The predicted octanol–water partition coefficient (Wildman–Crippen LogP) is 7.14. The standard InChI is InChI=1S/C17H11F21O3/c1-5(2)7(40)41-6(4-39)3-8(18,19)9(20,21)10(22,23)11(24,25)12(26,27)13(28,29)14(30,31)15(32,33)16(34,35)17(36,37)38/h6,39H,1,3-4H2,2H3. The maximum absolute atomic E-state index is 13.9. The van der Waals surface area contributed by atoms with Gasteiger partial charge in [0.2, 0.25) is 0 Å². The number of rotatable bonds is 13. The minimum Gasteiger partial charge on any atom is -0.456 e.